The van der Waals surface area contributed by atoms with Gasteiger partial charge in [-0.25, -0.2) is 4.99 Å². The van der Waals surface area contributed by atoms with Crippen molar-refractivity contribution in [2.45, 2.75) is 0 Å². The van der Waals surface area contributed by atoms with Crippen molar-refractivity contribution < 1.29 is 0 Å². The summed E-state index contributed by atoms with van der Waals surface area (Å²) in [6.07, 6.45) is 4.31. The fourth-order valence-electron chi connectivity index (χ4n) is 1.78. The summed E-state index contributed by atoms with van der Waals surface area (Å²) in [6.45, 7) is 0. The second-order valence-electron chi connectivity index (χ2n) is 3.66. The van der Waals surface area contributed by atoms with Gasteiger partial charge in [0.2, 0.25) is 0 Å². The Morgan fingerprint density at radius 2 is 2.06 bits per heavy atom. The normalized spacial score (nSPS) is 21.3. The standard InChI is InChI=1S/C13H8N2S/c14-8-9-1-3-10(4-2-9)12-7-11-5-6-16-13(11)15-12/h1-7,11H/t11-/m1/s1. The number of fused-ring (bicyclic) bond motifs is 1. The predicted octanol–water partition coefficient (Wildman–Crippen LogP) is 3.19. The molecule has 16 heavy (non-hydrogen) atoms. The first-order valence-electron chi connectivity index (χ1n) is 5.01. The third-order valence-corrected chi connectivity index (χ3v) is 3.54. The highest BCUT2D eigenvalue weighted by atomic mass is 32.2. The van der Waals surface area contributed by atoms with Crippen LogP contribution in [0.4, 0.5) is 0 Å². The van der Waals surface area contributed by atoms with Crippen molar-refractivity contribution >= 4 is 22.5 Å². The van der Waals surface area contributed by atoms with E-state index >= 15 is 0 Å². The molecule has 2 nitrogen and oxygen atoms in total. The highest BCUT2D eigenvalue weighted by molar-refractivity contribution is 8.16. The molecule has 2 aliphatic rings. The van der Waals surface area contributed by atoms with Crippen molar-refractivity contribution in [1.82, 2.24) is 0 Å². The number of nitrogens with zero attached hydrogens (tertiary/aromatic N) is 2. The minimum Gasteiger partial charge on any atom is -0.245 e. The lowest BCUT2D eigenvalue weighted by Gasteiger charge is -1.98. The zero-order valence-corrected chi connectivity index (χ0v) is 9.24. The Kier molecular flexibility index (Phi) is 2.16. The van der Waals surface area contributed by atoms with E-state index in [0.717, 1.165) is 16.3 Å². The summed E-state index contributed by atoms with van der Waals surface area (Å²) in [5.74, 6) is 0.371. The van der Waals surface area contributed by atoms with Gasteiger partial charge >= 0.3 is 0 Å². The molecule has 0 saturated carbocycles. The first-order chi connectivity index (χ1) is 7.86. The molecule has 1 atom stereocenters. The quantitative estimate of drug-likeness (QED) is 0.734. The number of benzene rings is 1. The molecule has 2 heterocycles. The molecule has 0 saturated heterocycles. The lowest BCUT2D eigenvalue weighted by Crippen LogP contribution is -1.93. The number of nitriles is 1. The van der Waals surface area contributed by atoms with Crippen LogP contribution in [0.25, 0.3) is 5.70 Å². The summed E-state index contributed by atoms with van der Waals surface area (Å²) < 4.78 is 0. The Balaban J connectivity index is 1.95. The van der Waals surface area contributed by atoms with E-state index in [9.17, 15) is 0 Å². The first kappa shape index (κ1) is 9.44. The predicted molar refractivity (Wildman–Crippen MR) is 66.8 cm³/mol. The minimum atomic E-state index is 0.371. The van der Waals surface area contributed by atoms with Crippen LogP contribution in [0.2, 0.25) is 0 Å². The van der Waals surface area contributed by atoms with E-state index in [-0.39, 0.29) is 0 Å². The molecule has 1 aromatic rings. The van der Waals surface area contributed by atoms with Gasteiger partial charge in [-0.05, 0) is 29.2 Å². The van der Waals surface area contributed by atoms with Crippen LogP contribution in [0.1, 0.15) is 11.1 Å². The summed E-state index contributed by atoms with van der Waals surface area (Å²) in [7, 11) is 0. The number of thioether (sulfide) groups is 1. The first-order valence-corrected chi connectivity index (χ1v) is 5.89. The molecular formula is C13H8N2S. The molecule has 1 aromatic carbocycles. The van der Waals surface area contributed by atoms with Crippen LogP contribution >= 0.6 is 11.8 Å². The van der Waals surface area contributed by atoms with Gasteiger partial charge in [-0.1, -0.05) is 30.0 Å². The van der Waals surface area contributed by atoms with Gasteiger partial charge in [-0.3, -0.25) is 0 Å². The van der Waals surface area contributed by atoms with Crippen LogP contribution in [0.5, 0.6) is 0 Å². The highest BCUT2D eigenvalue weighted by Crippen LogP contribution is 2.35. The maximum absolute atomic E-state index is 8.72. The Labute approximate surface area is 98.0 Å². The van der Waals surface area contributed by atoms with Gasteiger partial charge in [0.25, 0.3) is 0 Å². The number of rotatable bonds is 1. The molecule has 76 valence electrons. The summed E-state index contributed by atoms with van der Waals surface area (Å²) in [4.78, 5) is 4.57. The van der Waals surface area contributed by atoms with Crippen molar-refractivity contribution in [3.8, 4) is 6.07 Å². The molecule has 3 rings (SSSR count). The lowest BCUT2D eigenvalue weighted by atomic mass is 10.1. The fraction of sp³-hybridized carbons (Fsp3) is 0.0769. The molecule has 0 aromatic heterocycles. The van der Waals surface area contributed by atoms with E-state index in [1.54, 1.807) is 11.8 Å². The van der Waals surface area contributed by atoms with Gasteiger partial charge in [-0.2, -0.15) is 5.26 Å². The Bertz CT molecular complexity index is 559. The van der Waals surface area contributed by atoms with E-state index < -0.39 is 0 Å². The van der Waals surface area contributed by atoms with E-state index in [1.165, 1.54) is 0 Å². The van der Waals surface area contributed by atoms with Crippen LogP contribution < -0.4 is 0 Å². The summed E-state index contributed by atoms with van der Waals surface area (Å²) in [6, 6.07) is 9.66. The van der Waals surface area contributed by atoms with Gasteiger partial charge in [0.1, 0.15) is 0 Å². The fourth-order valence-corrected chi connectivity index (χ4v) is 2.63. The molecule has 0 aliphatic carbocycles. The van der Waals surface area contributed by atoms with Gasteiger partial charge in [-0.15, -0.1) is 0 Å². The SMILES string of the molecule is N#Cc1ccc(C2=C[C@H]3C=CSC3=N2)cc1. The summed E-state index contributed by atoms with van der Waals surface area (Å²) in [5, 5.41) is 12.0. The number of aliphatic imine (C=N–C) groups is 1. The molecule has 0 bridgehead atoms. The number of hydrogen-bond acceptors (Lipinski definition) is 3. The maximum atomic E-state index is 8.72. The number of allylic oxidation sites excluding steroid dienone is 2. The van der Waals surface area contributed by atoms with Gasteiger partial charge in [0, 0.05) is 5.92 Å². The molecule has 0 radical (unpaired) electrons. The van der Waals surface area contributed by atoms with Crippen LogP contribution in [-0.4, -0.2) is 5.04 Å². The van der Waals surface area contributed by atoms with Crippen molar-refractivity contribution in [2.24, 2.45) is 10.9 Å². The van der Waals surface area contributed by atoms with Crippen molar-refractivity contribution in [3.05, 3.63) is 53.0 Å². The molecule has 0 amide bonds. The average Bonchev–Trinajstić information content (AvgIpc) is 2.89. The smallest absolute Gasteiger partial charge is 0.0991 e. The summed E-state index contributed by atoms with van der Waals surface area (Å²) >= 11 is 1.68. The van der Waals surface area contributed by atoms with Crippen LogP contribution in [0, 0.1) is 17.2 Å². The van der Waals surface area contributed by atoms with Crippen LogP contribution in [0.3, 0.4) is 0 Å². The monoisotopic (exact) mass is 224 g/mol. The van der Waals surface area contributed by atoms with E-state index in [4.69, 9.17) is 5.26 Å². The minimum absolute atomic E-state index is 0.371. The maximum Gasteiger partial charge on any atom is 0.0991 e. The Hall–Kier alpha value is -1.79. The Morgan fingerprint density at radius 3 is 2.75 bits per heavy atom. The zero-order valence-electron chi connectivity index (χ0n) is 8.42. The second kappa shape index (κ2) is 3.66. The van der Waals surface area contributed by atoms with Gasteiger partial charge in [0.15, 0.2) is 0 Å². The molecule has 2 aliphatic heterocycles. The largest absolute Gasteiger partial charge is 0.245 e. The third-order valence-electron chi connectivity index (χ3n) is 2.64. The van der Waals surface area contributed by atoms with E-state index in [2.05, 4.69) is 28.6 Å². The molecule has 3 heteroatoms. The van der Waals surface area contributed by atoms with Gasteiger partial charge < -0.3 is 0 Å². The Morgan fingerprint density at radius 1 is 1.25 bits per heavy atom. The molecular weight excluding hydrogens is 216 g/mol. The van der Waals surface area contributed by atoms with Gasteiger partial charge in [0.05, 0.1) is 22.4 Å². The second-order valence-corrected chi connectivity index (χ2v) is 4.59. The number of hydrogen-bond donors (Lipinski definition) is 0. The summed E-state index contributed by atoms with van der Waals surface area (Å²) in [5.41, 5.74) is 2.78. The highest BCUT2D eigenvalue weighted by Gasteiger charge is 2.22. The molecule has 0 N–H and O–H groups in total. The molecule has 0 spiro atoms. The third kappa shape index (κ3) is 1.48. The average molecular weight is 224 g/mol. The molecule has 0 fully saturated rings. The van der Waals surface area contributed by atoms with Crippen molar-refractivity contribution in [2.75, 3.05) is 0 Å². The topological polar surface area (TPSA) is 36.1 Å². The van der Waals surface area contributed by atoms with E-state index in [0.29, 0.717) is 11.5 Å². The van der Waals surface area contributed by atoms with Crippen molar-refractivity contribution in [1.29, 1.82) is 5.26 Å². The van der Waals surface area contributed by atoms with Crippen LogP contribution in [-0.2, 0) is 0 Å². The lowest BCUT2D eigenvalue weighted by molar-refractivity contribution is 1.21. The van der Waals surface area contributed by atoms with E-state index in [1.807, 2.05) is 24.3 Å². The zero-order chi connectivity index (χ0) is 11.0. The molecule has 0 unspecified atom stereocenters. The van der Waals surface area contributed by atoms with Crippen molar-refractivity contribution in [3.63, 3.8) is 0 Å². The van der Waals surface area contributed by atoms with Crippen LogP contribution in [0.15, 0.2) is 46.8 Å².